The molecule has 1 aliphatic carbocycles. The molecule has 3 aliphatic rings. The summed E-state index contributed by atoms with van der Waals surface area (Å²) in [6.45, 7) is 0.423. The predicted molar refractivity (Wildman–Crippen MR) is 115 cm³/mol. The first-order chi connectivity index (χ1) is 15.4. The van der Waals surface area contributed by atoms with Crippen LogP contribution in [0.25, 0.3) is 0 Å². The van der Waals surface area contributed by atoms with Crippen molar-refractivity contribution in [1.82, 2.24) is 25.5 Å². The van der Waals surface area contributed by atoms with Crippen LogP contribution in [-0.4, -0.2) is 62.7 Å². The number of imidazole rings is 1. The molecular weight excluding hydrogens is 412 g/mol. The molecule has 1 aromatic rings. The standard InChI is InChI=1S/C22H32N6O4/c23-19(30)17-7-4-10-28(17)20(31)16(11-15-12-24-13-25-15)26-21(32)22(9-8-18(29)27-22)14-5-2-1-3-6-14/h12-14,16-17H,1-11H2,(H2,23,30)(H,24,25)(H,26,32)(H,27,29)/t16-,17-,22+/m0/s1. The maximum atomic E-state index is 13.7. The largest absolute Gasteiger partial charge is 0.368 e. The summed E-state index contributed by atoms with van der Waals surface area (Å²) >= 11 is 0. The van der Waals surface area contributed by atoms with E-state index in [-0.39, 0.29) is 30.1 Å². The second kappa shape index (κ2) is 9.30. The Bertz CT molecular complexity index is 866. The van der Waals surface area contributed by atoms with Crippen LogP contribution in [0.2, 0.25) is 0 Å². The van der Waals surface area contributed by atoms with Crippen molar-refractivity contribution in [3.05, 3.63) is 18.2 Å². The highest BCUT2D eigenvalue weighted by Gasteiger charge is 2.51. The highest BCUT2D eigenvalue weighted by Crippen LogP contribution is 2.38. The van der Waals surface area contributed by atoms with E-state index in [9.17, 15) is 19.2 Å². The normalized spacial score (nSPS) is 27.2. The molecule has 3 heterocycles. The third-order valence-electron chi connectivity index (χ3n) is 7.26. The number of amides is 4. The number of hydrogen-bond acceptors (Lipinski definition) is 5. The molecule has 4 rings (SSSR count). The van der Waals surface area contributed by atoms with Gasteiger partial charge in [-0.25, -0.2) is 4.98 Å². The van der Waals surface area contributed by atoms with E-state index in [0.717, 1.165) is 32.1 Å². The smallest absolute Gasteiger partial charge is 0.246 e. The van der Waals surface area contributed by atoms with Gasteiger partial charge in [0.25, 0.3) is 0 Å². The molecule has 0 bridgehead atoms. The summed E-state index contributed by atoms with van der Waals surface area (Å²) in [5, 5.41) is 5.91. The molecule has 1 saturated carbocycles. The van der Waals surface area contributed by atoms with Gasteiger partial charge in [-0.3, -0.25) is 19.2 Å². The fraction of sp³-hybridized carbons (Fsp3) is 0.682. The lowest BCUT2D eigenvalue weighted by atomic mass is 9.73. The Kier molecular flexibility index (Phi) is 6.48. The maximum Gasteiger partial charge on any atom is 0.246 e. The number of nitrogens with one attached hydrogen (secondary N) is 3. The summed E-state index contributed by atoms with van der Waals surface area (Å²) in [7, 11) is 0. The number of aromatic amines is 1. The molecule has 0 radical (unpaired) electrons. The van der Waals surface area contributed by atoms with Crippen molar-refractivity contribution in [3.8, 4) is 0 Å². The van der Waals surface area contributed by atoms with Gasteiger partial charge in [0.05, 0.1) is 6.33 Å². The van der Waals surface area contributed by atoms with E-state index in [1.54, 1.807) is 6.20 Å². The Morgan fingerprint density at radius 1 is 1.22 bits per heavy atom. The van der Waals surface area contributed by atoms with Crippen molar-refractivity contribution in [2.45, 2.75) is 81.8 Å². The van der Waals surface area contributed by atoms with E-state index in [0.29, 0.717) is 37.9 Å². The number of nitrogens with zero attached hydrogens (tertiary/aromatic N) is 2. The monoisotopic (exact) mass is 444 g/mol. The Labute approximate surface area is 187 Å². The average molecular weight is 445 g/mol. The van der Waals surface area contributed by atoms with Crippen molar-refractivity contribution in [3.63, 3.8) is 0 Å². The van der Waals surface area contributed by atoms with Gasteiger partial charge in [0, 0.05) is 31.3 Å². The molecule has 0 unspecified atom stereocenters. The van der Waals surface area contributed by atoms with Crippen LogP contribution < -0.4 is 16.4 Å². The first kappa shape index (κ1) is 22.3. The number of carbonyl (C=O) groups excluding carboxylic acids is 4. The van der Waals surface area contributed by atoms with Gasteiger partial charge in [-0.1, -0.05) is 19.3 Å². The Hall–Kier alpha value is -2.91. The van der Waals surface area contributed by atoms with Crippen molar-refractivity contribution < 1.29 is 19.2 Å². The lowest BCUT2D eigenvalue weighted by Gasteiger charge is -2.39. The van der Waals surface area contributed by atoms with Crippen molar-refractivity contribution in [2.75, 3.05) is 6.54 Å². The summed E-state index contributed by atoms with van der Waals surface area (Å²) in [6.07, 6.45) is 10.2. The van der Waals surface area contributed by atoms with E-state index >= 15 is 0 Å². The van der Waals surface area contributed by atoms with Crippen LogP contribution >= 0.6 is 0 Å². The second-order valence-corrected chi connectivity index (χ2v) is 9.25. The van der Waals surface area contributed by atoms with Crippen LogP contribution in [0.5, 0.6) is 0 Å². The minimum absolute atomic E-state index is 0.0516. The zero-order valence-corrected chi connectivity index (χ0v) is 18.3. The van der Waals surface area contributed by atoms with Gasteiger partial charge in [-0.15, -0.1) is 0 Å². The topological polar surface area (TPSA) is 150 Å². The number of primary amides is 1. The zero-order chi connectivity index (χ0) is 22.7. The lowest BCUT2D eigenvalue weighted by Crippen LogP contribution is -2.63. The summed E-state index contributed by atoms with van der Waals surface area (Å²) in [5.74, 6) is -1.27. The predicted octanol–water partition coefficient (Wildman–Crippen LogP) is 0.142. The average Bonchev–Trinajstić information content (AvgIpc) is 3.54. The van der Waals surface area contributed by atoms with Gasteiger partial charge in [-0.2, -0.15) is 0 Å². The fourth-order valence-electron chi connectivity index (χ4n) is 5.57. The quantitative estimate of drug-likeness (QED) is 0.472. The lowest BCUT2D eigenvalue weighted by molar-refractivity contribution is -0.142. The van der Waals surface area contributed by atoms with Crippen LogP contribution in [-0.2, 0) is 25.6 Å². The minimum Gasteiger partial charge on any atom is -0.368 e. The van der Waals surface area contributed by atoms with Crippen LogP contribution in [0.3, 0.4) is 0 Å². The van der Waals surface area contributed by atoms with Crippen LogP contribution in [0.4, 0.5) is 0 Å². The number of hydrogen-bond donors (Lipinski definition) is 4. The highest BCUT2D eigenvalue weighted by molar-refractivity contribution is 5.98. The molecule has 4 amide bonds. The third kappa shape index (κ3) is 4.35. The molecule has 10 nitrogen and oxygen atoms in total. The van der Waals surface area contributed by atoms with Gasteiger partial charge >= 0.3 is 0 Å². The molecule has 32 heavy (non-hydrogen) atoms. The van der Waals surface area contributed by atoms with Crippen molar-refractivity contribution >= 4 is 23.6 Å². The molecule has 3 atom stereocenters. The molecule has 2 aliphatic heterocycles. The fourth-order valence-corrected chi connectivity index (χ4v) is 5.57. The van der Waals surface area contributed by atoms with Gasteiger partial charge in [0.2, 0.25) is 23.6 Å². The molecular formula is C22H32N6O4. The summed E-state index contributed by atoms with van der Waals surface area (Å²) in [6, 6.07) is -1.55. The molecule has 0 aromatic carbocycles. The Balaban J connectivity index is 1.58. The van der Waals surface area contributed by atoms with E-state index in [1.165, 1.54) is 11.2 Å². The minimum atomic E-state index is -0.988. The number of H-pyrrole nitrogens is 1. The van der Waals surface area contributed by atoms with Gasteiger partial charge < -0.3 is 26.3 Å². The van der Waals surface area contributed by atoms with E-state index in [4.69, 9.17) is 5.73 Å². The molecule has 3 fully saturated rings. The van der Waals surface area contributed by atoms with E-state index < -0.39 is 23.5 Å². The van der Waals surface area contributed by atoms with E-state index in [1.807, 2.05) is 0 Å². The second-order valence-electron chi connectivity index (χ2n) is 9.25. The van der Waals surface area contributed by atoms with Gasteiger partial charge in [0.1, 0.15) is 17.6 Å². The Morgan fingerprint density at radius 2 is 2.00 bits per heavy atom. The zero-order valence-electron chi connectivity index (χ0n) is 18.3. The van der Waals surface area contributed by atoms with Crippen molar-refractivity contribution in [2.24, 2.45) is 11.7 Å². The summed E-state index contributed by atoms with van der Waals surface area (Å²) in [5.41, 5.74) is 5.22. The van der Waals surface area contributed by atoms with Crippen LogP contribution in [0.1, 0.15) is 63.5 Å². The number of carbonyl (C=O) groups is 4. The molecule has 2 saturated heterocycles. The summed E-state index contributed by atoms with van der Waals surface area (Å²) < 4.78 is 0. The molecule has 5 N–H and O–H groups in total. The molecule has 0 spiro atoms. The molecule has 174 valence electrons. The van der Waals surface area contributed by atoms with Crippen LogP contribution in [0, 0.1) is 5.92 Å². The maximum absolute atomic E-state index is 13.7. The molecule has 1 aromatic heterocycles. The Morgan fingerprint density at radius 3 is 2.62 bits per heavy atom. The SMILES string of the molecule is NC(=O)[C@@H]1CCCN1C(=O)[C@H](Cc1cnc[nH]1)NC(=O)[C@]1(C2CCCCC2)CCC(=O)N1. The molecule has 10 heteroatoms. The third-order valence-corrected chi connectivity index (χ3v) is 7.26. The van der Waals surface area contributed by atoms with E-state index in [2.05, 4.69) is 20.6 Å². The summed E-state index contributed by atoms with van der Waals surface area (Å²) in [4.78, 5) is 59.6. The number of likely N-dealkylation sites (tertiary alicyclic amines) is 1. The first-order valence-electron chi connectivity index (χ1n) is 11.6. The number of nitrogens with two attached hydrogens (primary N) is 1. The van der Waals surface area contributed by atoms with Gasteiger partial charge in [0.15, 0.2) is 0 Å². The first-order valence-corrected chi connectivity index (χ1v) is 11.6. The number of rotatable bonds is 7. The van der Waals surface area contributed by atoms with Crippen LogP contribution in [0.15, 0.2) is 12.5 Å². The van der Waals surface area contributed by atoms with Gasteiger partial charge in [-0.05, 0) is 38.0 Å². The van der Waals surface area contributed by atoms with Crippen molar-refractivity contribution in [1.29, 1.82) is 0 Å². The number of aromatic nitrogens is 2. The highest BCUT2D eigenvalue weighted by atomic mass is 16.2.